The van der Waals surface area contributed by atoms with Crippen LogP contribution in [0.5, 0.6) is 6.01 Å². The van der Waals surface area contributed by atoms with Gasteiger partial charge in [-0.2, -0.15) is 18.2 Å². The Bertz CT molecular complexity index is 699. The zero-order valence-electron chi connectivity index (χ0n) is 13.1. The molecular weight excluding hydrogens is 327 g/mol. The summed E-state index contributed by atoms with van der Waals surface area (Å²) in [5.74, 6) is -0.415. The van der Waals surface area contributed by atoms with Crippen LogP contribution < -0.4 is 4.74 Å². The smallest absolute Gasteiger partial charge is 0.416 e. The standard InChI is InChI=1S/C15H16F3N3O3/c1-10(2)24-13(22)6-7-23-14-19-9-21(20-14)12-5-3-4-11(8-12)15(16,17)18/h3-5,8-10H,6-7H2,1-2H3. The Morgan fingerprint density at radius 1 is 1.33 bits per heavy atom. The Balaban J connectivity index is 1.97. The highest BCUT2D eigenvalue weighted by Gasteiger charge is 2.30. The number of nitrogens with zero attached hydrogens (tertiary/aromatic N) is 3. The number of hydrogen-bond donors (Lipinski definition) is 0. The normalized spacial score (nSPS) is 11.6. The van der Waals surface area contributed by atoms with Crippen molar-refractivity contribution in [3.05, 3.63) is 36.2 Å². The molecule has 0 aliphatic carbocycles. The van der Waals surface area contributed by atoms with Crippen LogP contribution in [0.2, 0.25) is 0 Å². The van der Waals surface area contributed by atoms with E-state index < -0.39 is 17.7 Å². The maximum atomic E-state index is 12.7. The van der Waals surface area contributed by atoms with Crippen molar-refractivity contribution in [1.29, 1.82) is 0 Å². The number of ether oxygens (including phenoxy) is 2. The van der Waals surface area contributed by atoms with E-state index in [0.717, 1.165) is 16.8 Å². The molecule has 0 atom stereocenters. The Morgan fingerprint density at radius 2 is 2.08 bits per heavy atom. The number of esters is 1. The summed E-state index contributed by atoms with van der Waals surface area (Å²) in [6.07, 6.45) is -3.39. The highest BCUT2D eigenvalue weighted by Crippen LogP contribution is 2.30. The summed E-state index contributed by atoms with van der Waals surface area (Å²) in [6, 6.07) is 4.64. The second kappa shape index (κ2) is 7.33. The number of hydrogen-bond acceptors (Lipinski definition) is 5. The van der Waals surface area contributed by atoms with Crippen molar-refractivity contribution in [1.82, 2.24) is 14.8 Å². The van der Waals surface area contributed by atoms with Gasteiger partial charge in [0, 0.05) is 0 Å². The van der Waals surface area contributed by atoms with Crippen molar-refractivity contribution >= 4 is 5.97 Å². The molecule has 0 fully saturated rings. The van der Waals surface area contributed by atoms with E-state index in [1.54, 1.807) is 13.8 Å². The fourth-order valence-electron chi connectivity index (χ4n) is 1.81. The molecule has 0 unspecified atom stereocenters. The van der Waals surface area contributed by atoms with Gasteiger partial charge in [0.1, 0.15) is 12.9 Å². The molecule has 0 bridgehead atoms. The molecule has 1 heterocycles. The molecule has 130 valence electrons. The van der Waals surface area contributed by atoms with E-state index in [-0.39, 0.29) is 30.8 Å². The minimum Gasteiger partial charge on any atom is -0.463 e. The van der Waals surface area contributed by atoms with Gasteiger partial charge in [0.2, 0.25) is 0 Å². The van der Waals surface area contributed by atoms with Crippen LogP contribution in [-0.4, -0.2) is 33.4 Å². The summed E-state index contributed by atoms with van der Waals surface area (Å²) in [6.45, 7) is 3.48. The fraction of sp³-hybridized carbons (Fsp3) is 0.400. The molecule has 2 rings (SSSR count). The Hall–Kier alpha value is -2.58. The number of carbonyl (C=O) groups is 1. The molecule has 0 aliphatic rings. The molecule has 6 nitrogen and oxygen atoms in total. The first-order valence-electron chi connectivity index (χ1n) is 7.17. The van der Waals surface area contributed by atoms with Gasteiger partial charge in [0.05, 0.1) is 23.8 Å². The predicted molar refractivity (Wildman–Crippen MR) is 77.7 cm³/mol. The monoisotopic (exact) mass is 343 g/mol. The number of rotatable bonds is 6. The lowest BCUT2D eigenvalue weighted by Gasteiger charge is -2.08. The van der Waals surface area contributed by atoms with Crippen molar-refractivity contribution < 1.29 is 27.4 Å². The first-order valence-corrected chi connectivity index (χ1v) is 7.17. The van der Waals surface area contributed by atoms with E-state index in [4.69, 9.17) is 9.47 Å². The van der Waals surface area contributed by atoms with Crippen molar-refractivity contribution in [2.75, 3.05) is 6.61 Å². The molecule has 1 aromatic carbocycles. The lowest BCUT2D eigenvalue weighted by atomic mass is 10.2. The van der Waals surface area contributed by atoms with Crippen LogP contribution in [0, 0.1) is 0 Å². The van der Waals surface area contributed by atoms with Crippen molar-refractivity contribution in [2.24, 2.45) is 0 Å². The van der Waals surface area contributed by atoms with E-state index in [1.807, 2.05) is 0 Å². The third-order valence-corrected chi connectivity index (χ3v) is 2.81. The predicted octanol–water partition coefficient (Wildman–Crippen LogP) is 3.01. The van der Waals surface area contributed by atoms with Gasteiger partial charge < -0.3 is 9.47 Å². The zero-order chi connectivity index (χ0) is 17.7. The average Bonchev–Trinajstić information content (AvgIpc) is 2.94. The molecular formula is C15H16F3N3O3. The Labute approximate surface area is 136 Å². The topological polar surface area (TPSA) is 66.2 Å². The lowest BCUT2D eigenvalue weighted by molar-refractivity contribution is -0.148. The van der Waals surface area contributed by atoms with E-state index >= 15 is 0 Å². The zero-order valence-corrected chi connectivity index (χ0v) is 13.1. The molecule has 0 radical (unpaired) electrons. The van der Waals surface area contributed by atoms with Gasteiger partial charge in [-0.15, -0.1) is 5.10 Å². The number of alkyl halides is 3. The molecule has 9 heteroatoms. The minimum atomic E-state index is -4.44. The van der Waals surface area contributed by atoms with Crippen LogP contribution in [0.4, 0.5) is 13.2 Å². The van der Waals surface area contributed by atoms with Gasteiger partial charge >= 0.3 is 18.2 Å². The molecule has 0 spiro atoms. The number of benzene rings is 1. The lowest BCUT2D eigenvalue weighted by Crippen LogP contribution is -2.14. The minimum absolute atomic E-state index is 0.0121. The molecule has 0 amide bonds. The summed E-state index contributed by atoms with van der Waals surface area (Å²) in [4.78, 5) is 15.2. The highest BCUT2D eigenvalue weighted by molar-refractivity contribution is 5.69. The van der Waals surface area contributed by atoms with Gasteiger partial charge in [0.25, 0.3) is 0 Å². The second-order valence-corrected chi connectivity index (χ2v) is 5.16. The molecule has 0 saturated carbocycles. The fourth-order valence-corrected chi connectivity index (χ4v) is 1.81. The van der Waals surface area contributed by atoms with Crippen molar-refractivity contribution in [3.8, 4) is 11.7 Å². The van der Waals surface area contributed by atoms with E-state index in [9.17, 15) is 18.0 Å². The van der Waals surface area contributed by atoms with Gasteiger partial charge in [-0.3, -0.25) is 4.79 Å². The summed E-state index contributed by atoms with van der Waals surface area (Å²) in [7, 11) is 0. The second-order valence-electron chi connectivity index (χ2n) is 5.16. The van der Waals surface area contributed by atoms with Gasteiger partial charge in [-0.05, 0) is 32.0 Å². The van der Waals surface area contributed by atoms with E-state index in [0.29, 0.717) is 0 Å². The van der Waals surface area contributed by atoms with Crippen LogP contribution >= 0.6 is 0 Å². The van der Waals surface area contributed by atoms with Crippen LogP contribution in [0.25, 0.3) is 5.69 Å². The summed E-state index contributed by atoms with van der Waals surface area (Å²) in [5.41, 5.74) is -0.583. The largest absolute Gasteiger partial charge is 0.463 e. The van der Waals surface area contributed by atoms with Gasteiger partial charge in [0.15, 0.2) is 0 Å². The Morgan fingerprint density at radius 3 is 2.75 bits per heavy atom. The maximum absolute atomic E-state index is 12.7. The number of aromatic nitrogens is 3. The Kier molecular flexibility index (Phi) is 5.42. The van der Waals surface area contributed by atoms with Gasteiger partial charge in [-0.25, -0.2) is 4.68 Å². The van der Waals surface area contributed by atoms with Crippen LogP contribution in [0.3, 0.4) is 0 Å². The molecule has 1 aromatic heterocycles. The first-order chi connectivity index (χ1) is 11.3. The van der Waals surface area contributed by atoms with Crippen LogP contribution in [-0.2, 0) is 15.7 Å². The van der Waals surface area contributed by atoms with Crippen LogP contribution in [0.15, 0.2) is 30.6 Å². The molecule has 0 saturated heterocycles. The molecule has 24 heavy (non-hydrogen) atoms. The summed E-state index contributed by atoms with van der Waals surface area (Å²) >= 11 is 0. The number of halogens is 3. The summed E-state index contributed by atoms with van der Waals surface area (Å²) < 4.78 is 49.4. The molecule has 2 aromatic rings. The summed E-state index contributed by atoms with van der Waals surface area (Å²) in [5, 5.41) is 3.93. The van der Waals surface area contributed by atoms with Gasteiger partial charge in [-0.1, -0.05) is 6.07 Å². The van der Waals surface area contributed by atoms with E-state index in [1.165, 1.54) is 18.5 Å². The van der Waals surface area contributed by atoms with Crippen molar-refractivity contribution in [3.63, 3.8) is 0 Å². The van der Waals surface area contributed by atoms with E-state index in [2.05, 4.69) is 10.1 Å². The third kappa shape index (κ3) is 4.97. The SMILES string of the molecule is CC(C)OC(=O)CCOc1ncn(-c2cccc(C(F)(F)F)c2)n1. The first kappa shape index (κ1) is 17.8. The van der Waals surface area contributed by atoms with Crippen LogP contribution in [0.1, 0.15) is 25.8 Å². The third-order valence-electron chi connectivity index (χ3n) is 2.81. The van der Waals surface area contributed by atoms with Crippen molar-refractivity contribution in [2.45, 2.75) is 32.5 Å². The average molecular weight is 343 g/mol. The highest BCUT2D eigenvalue weighted by atomic mass is 19.4. The quantitative estimate of drug-likeness (QED) is 0.755. The molecule has 0 N–H and O–H groups in total. The molecule has 0 aliphatic heterocycles. The number of carbonyl (C=O) groups excluding carboxylic acids is 1. The maximum Gasteiger partial charge on any atom is 0.416 e.